The number of benzene rings is 1. The molecule has 0 spiro atoms. The largest absolute Gasteiger partial charge is 0.315 e. The third kappa shape index (κ3) is 4.29. The zero-order chi connectivity index (χ0) is 13.7. The molecule has 1 aromatic carbocycles. The van der Waals surface area contributed by atoms with Gasteiger partial charge in [0.25, 0.3) is 0 Å². The molecular weight excluding hydrogens is 260 g/mol. The van der Waals surface area contributed by atoms with Gasteiger partial charge in [0.05, 0.1) is 11.3 Å². The number of fused-ring (bicyclic) bond motifs is 1. The van der Waals surface area contributed by atoms with Gasteiger partial charge >= 0.3 is 0 Å². The van der Waals surface area contributed by atoms with Crippen molar-refractivity contribution in [2.24, 2.45) is 0 Å². The lowest BCUT2D eigenvalue weighted by molar-refractivity contribution is 0.596. The average Bonchev–Trinajstić information content (AvgIpc) is 2.37. The number of para-hydroxylation sites is 1. The molecule has 0 saturated carbocycles. The molecule has 0 fully saturated rings. The maximum Gasteiger partial charge on any atom is 0.148 e. The van der Waals surface area contributed by atoms with Gasteiger partial charge in [0.2, 0.25) is 0 Å². The van der Waals surface area contributed by atoms with Crippen LogP contribution in [0.5, 0.6) is 0 Å². The summed E-state index contributed by atoms with van der Waals surface area (Å²) in [5.41, 5.74) is 2.21. The predicted molar refractivity (Wildman–Crippen MR) is 78.0 cm³/mol. The topological polar surface area (TPSA) is 59.1 Å². The van der Waals surface area contributed by atoms with Gasteiger partial charge in [0, 0.05) is 24.4 Å². The highest BCUT2D eigenvalue weighted by molar-refractivity contribution is 7.90. The van der Waals surface area contributed by atoms with Gasteiger partial charge in [0.15, 0.2) is 0 Å². The lowest BCUT2D eigenvalue weighted by atomic mass is 10.1. The van der Waals surface area contributed by atoms with E-state index in [1.54, 1.807) is 6.20 Å². The Kier molecular flexibility index (Phi) is 4.50. The number of sulfone groups is 1. The number of hydrogen-bond acceptors (Lipinski definition) is 4. The van der Waals surface area contributed by atoms with Gasteiger partial charge in [-0.3, -0.25) is 4.98 Å². The maximum atomic E-state index is 11.0. The first-order chi connectivity index (χ1) is 9.06. The summed E-state index contributed by atoms with van der Waals surface area (Å²) in [6, 6.07) is 10.1. The van der Waals surface area contributed by atoms with Gasteiger partial charge in [-0.1, -0.05) is 24.3 Å². The normalized spacial score (nSPS) is 11.8. The minimum atomic E-state index is -2.88. The quantitative estimate of drug-likeness (QED) is 0.812. The lowest BCUT2D eigenvalue weighted by Crippen LogP contribution is -2.24. The Morgan fingerprint density at radius 1 is 1.16 bits per heavy atom. The van der Waals surface area contributed by atoms with Gasteiger partial charge in [-0.2, -0.15) is 0 Å². The van der Waals surface area contributed by atoms with Crippen LogP contribution in [0.1, 0.15) is 5.56 Å². The van der Waals surface area contributed by atoms with Gasteiger partial charge < -0.3 is 5.32 Å². The van der Waals surface area contributed by atoms with Crippen LogP contribution in [0.3, 0.4) is 0 Å². The number of nitrogens with zero attached hydrogens (tertiary/aromatic N) is 1. The van der Waals surface area contributed by atoms with Gasteiger partial charge in [-0.25, -0.2) is 8.42 Å². The van der Waals surface area contributed by atoms with Crippen molar-refractivity contribution in [1.29, 1.82) is 0 Å². The van der Waals surface area contributed by atoms with Gasteiger partial charge in [-0.05, 0) is 24.6 Å². The zero-order valence-electron chi connectivity index (χ0n) is 11.0. The van der Waals surface area contributed by atoms with E-state index in [0.717, 1.165) is 23.9 Å². The van der Waals surface area contributed by atoms with Crippen LogP contribution < -0.4 is 5.32 Å². The van der Waals surface area contributed by atoms with Crippen LogP contribution >= 0.6 is 0 Å². The van der Waals surface area contributed by atoms with E-state index in [0.29, 0.717) is 6.54 Å². The number of hydrogen-bond donors (Lipinski definition) is 1. The summed E-state index contributed by atoms with van der Waals surface area (Å²) >= 11 is 0. The Morgan fingerprint density at radius 2 is 1.95 bits per heavy atom. The SMILES string of the molecule is CS(=O)(=O)CCNCCc1cccc2cccnc12. The average molecular weight is 278 g/mol. The Bertz CT molecular complexity index is 648. The fourth-order valence-corrected chi connectivity index (χ4v) is 2.49. The molecule has 0 atom stereocenters. The van der Waals surface area contributed by atoms with Crippen LogP contribution in [-0.2, 0) is 16.3 Å². The minimum absolute atomic E-state index is 0.181. The fourth-order valence-electron chi connectivity index (χ4n) is 1.97. The minimum Gasteiger partial charge on any atom is -0.315 e. The first-order valence-corrected chi connectivity index (χ1v) is 8.33. The monoisotopic (exact) mass is 278 g/mol. The fraction of sp³-hybridized carbons (Fsp3) is 0.357. The molecule has 5 heteroatoms. The third-order valence-corrected chi connectivity index (χ3v) is 3.88. The molecule has 0 bridgehead atoms. The predicted octanol–water partition coefficient (Wildman–Crippen LogP) is 1.41. The van der Waals surface area contributed by atoms with E-state index < -0.39 is 9.84 Å². The molecule has 0 aliphatic rings. The van der Waals surface area contributed by atoms with Crippen molar-refractivity contribution in [3.05, 3.63) is 42.1 Å². The Morgan fingerprint density at radius 3 is 2.74 bits per heavy atom. The van der Waals surface area contributed by atoms with Crippen molar-refractivity contribution >= 4 is 20.7 Å². The molecule has 19 heavy (non-hydrogen) atoms. The summed E-state index contributed by atoms with van der Waals surface area (Å²) in [5.74, 6) is 0.181. The second kappa shape index (κ2) is 6.12. The molecule has 2 aromatic rings. The first kappa shape index (κ1) is 14.0. The van der Waals surface area contributed by atoms with E-state index in [9.17, 15) is 8.42 Å². The first-order valence-electron chi connectivity index (χ1n) is 6.27. The van der Waals surface area contributed by atoms with E-state index in [1.165, 1.54) is 11.8 Å². The molecule has 4 nitrogen and oxygen atoms in total. The number of nitrogens with one attached hydrogen (secondary N) is 1. The highest BCUT2D eigenvalue weighted by Gasteiger charge is 2.03. The van der Waals surface area contributed by atoms with Gasteiger partial charge in [0.1, 0.15) is 9.84 Å². The van der Waals surface area contributed by atoms with Crippen molar-refractivity contribution in [2.75, 3.05) is 25.1 Å². The molecule has 0 aliphatic heterocycles. The highest BCUT2D eigenvalue weighted by atomic mass is 32.2. The van der Waals surface area contributed by atoms with E-state index in [1.807, 2.05) is 24.3 Å². The van der Waals surface area contributed by atoms with E-state index in [-0.39, 0.29) is 5.75 Å². The molecule has 0 amide bonds. The molecule has 2 rings (SSSR count). The third-order valence-electron chi connectivity index (χ3n) is 2.94. The smallest absolute Gasteiger partial charge is 0.148 e. The molecule has 0 radical (unpaired) electrons. The maximum absolute atomic E-state index is 11.0. The van der Waals surface area contributed by atoms with E-state index in [4.69, 9.17) is 0 Å². The summed E-state index contributed by atoms with van der Waals surface area (Å²) in [4.78, 5) is 4.40. The van der Waals surface area contributed by atoms with E-state index >= 15 is 0 Å². The second-order valence-corrected chi connectivity index (χ2v) is 6.88. The highest BCUT2D eigenvalue weighted by Crippen LogP contribution is 2.15. The molecule has 102 valence electrons. The Balaban J connectivity index is 1.92. The van der Waals surface area contributed by atoms with Crippen LogP contribution in [0, 0.1) is 0 Å². The summed E-state index contributed by atoms with van der Waals surface area (Å²) in [6.45, 7) is 1.25. The number of rotatable bonds is 6. The Hall–Kier alpha value is -1.46. The summed E-state index contributed by atoms with van der Waals surface area (Å²) < 4.78 is 22.0. The van der Waals surface area contributed by atoms with Crippen LogP contribution in [-0.4, -0.2) is 38.5 Å². The van der Waals surface area contributed by atoms with Gasteiger partial charge in [-0.15, -0.1) is 0 Å². The lowest BCUT2D eigenvalue weighted by Gasteiger charge is -2.06. The van der Waals surface area contributed by atoms with Crippen molar-refractivity contribution in [3.8, 4) is 0 Å². The number of pyridine rings is 1. The molecule has 1 heterocycles. The summed E-state index contributed by atoms with van der Waals surface area (Å²) in [7, 11) is -2.88. The summed E-state index contributed by atoms with van der Waals surface area (Å²) in [6.07, 6.45) is 3.89. The second-order valence-electron chi connectivity index (χ2n) is 4.62. The van der Waals surface area contributed by atoms with Crippen molar-refractivity contribution < 1.29 is 8.42 Å². The van der Waals surface area contributed by atoms with Crippen LogP contribution in [0.15, 0.2) is 36.5 Å². The van der Waals surface area contributed by atoms with Crippen LogP contribution in [0.4, 0.5) is 0 Å². The molecule has 0 aliphatic carbocycles. The summed E-state index contributed by atoms with van der Waals surface area (Å²) in [5, 5.41) is 4.28. The molecule has 0 unspecified atom stereocenters. The molecule has 1 aromatic heterocycles. The van der Waals surface area contributed by atoms with Crippen molar-refractivity contribution in [2.45, 2.75) is 6.42 Å². The molecule has 0 saturated heterocycles. The zero-order valence-corrected chi connectivity index (χ0v) is 11.8. The van der Waals surface area contributed by atoms with E-state index in [2.05, 4.69) is 16.4 Å². The van der Waals surface area contributed by atoms with Crippen molar-refractivity contribution in [1.82, 2.24) is 10.3 Å². The molecular formula is C14H18N2O2S. The van der Waals surface area contributed by atoms with Crippen LogP contribution in [0.25, 0.3) is 10.9 Å². The van der Waals surface area contributed by atoms with Crippen molar-refractivity contribution in [3.63, 3.8) is 0 Å². The molecule has 1 N–H and O–H groups in total. The standard InChI is InChI=1S/C14H18N2O2S/c1-19(17,18)11-10-15-9-7-13-5-2-4-12-6-3-8-16-14(12)13/h2-6,8,15H,7,9-11H2,1H3. The Labute approximate surface area is 113 Å². The van der Waals surface area contributed by atoms with Crippen LogP contribution in [0.2, 0.25) is 0 Å². The number of aromatic nitrogens is 1.